The number of methoxy groups -OCH3 is 1. The number of hydrogen-bond donors (Lipinski definition) is 1. The molecule has 1 atom stereocenters. The van der Waals surface area contributed by atoms with E-state index in [0.29, 0.717) is 13.0 Å². The second kappa shape index (κ2) is 7.39. The van der Waals surface area contributed by atoms with Gasteiger partial charge in [0.2, 0.25) is 5.91 Å². The van der Waals surface area contributed by atoms with E-state index < -0.39 is 0 Å². The number of nitriles is 1. The maximum atomic E-state index is 12.1. The molecule has 1 N–H and O–H groups in total. The molecule has 0 saturated heterocycles. The van der Waals surface area contributed by atoms with Crippen molar-refractivity contribution in [2.45, 2.75) is 26.3 Å². The van der Waals surface area contributed by atoms with E-state index in [1.165, 1.54) is 0 Å². The van der Waals surface area contributed by atoms with Gasteiger partial charge in [0.25, 0.3) is 0 Å². The average molecular weight is 275 g/mol. The fraction of sp³-hybridized carbons (Fsp3) is 0.467. The van der Waals surface area contributed by atoms with Gasteiger partial charge in [0.05, 0.1) is 19.6 Å². The molecule has 0 spiro atoms. The molecule has 0 saturated carbocycles. The molecule has 0 aliphatic carbocycles. The SMILES string of the molecule is COc1ccc(NC(C)C(=O)N(C)CCC#N)cc1C. The minimum atomic E-state index is -0.341. The molecular weight excluding hydrogens is 254 g/mol. The van der Waals surface area contributed by atoms with E-state index in [9.17, 15) is 4.79 Å². The Kier molecular flexibility index (Phi) is 5.85. The third-order valence-corrected chi connectivity index (χ3v) is 3.08. The van der Waals surface area contributed by atoms with Crippen LogP contribution >= 0.6 is 0 Å². The van der Waals surface area contributed by atoms with Crippen molar-refractivity contribution >= 4 is 11.6 Å². The third kappa shape index (κ3) is 4.16. The minimum absolute atomic E-state index is 0.0336. The van der Waals surface area contributed by atoms with Gasteiger partial charge in [0.1, 0.15) is 11.8 Å². The number of carbonyl (C=O) groups excluding carboxylic acids is 1. The van der Waals surface area contributed by atoms with Gasteiger partial charge in [-0.05, 0) is 37.6 Å². The summed E-state index contributed by atoms with van der Waals surface area (Å²) in [6.45, 7) is 4.21. The van der Waals surface area contributed by atoms with Crippen molar-refractivity contribution in [1.82, 2.24) is 4.90 Å². The van der Waals surface area contributed by atoms with Crippen LogP contribution in [0.3, 0.4) is 0 Å². The lowest BCUT2D eigenvalue weighted by molar-refractivity contribution is -0.130. The van der Waals surface area contributed by atoms with E-state index >= 15 is 0 Å². The molecule has 0 heterocycles. The van der Waals surface area contributed by atoms with Crippen LogP contribution in [0.15, 0.2) is 18.2 Å². The molecule has 20 heavy (non-hydrogen) atoms. The smallest absolute Gasteiger partial charge is 0.244 e. The Morgan fingerprint density at radius 1 is 1.55 bits per heavy atom. The number of anilines is 1. The van der Waals surface area contributed by atoms with Crippen molar-refractivity contribution < 1.29 is 9.53 Å². The Hall–Kier alpha value is -2.22. The fourth-order valence-electron chi connectivity index (χ4n) is 1.94. The number of ether oxygens (including phenoxy) is 1. The molecule has 108 valence electrons. The summed E-state index contributed by atoms with van der Waals surface area (Å²) in [6.07, 6.45) is 0.344. The van der Waals surface area contributed by atoms with E-state index in [1.54, 1.807) is 19.1 Å². The highest BCUT2D eigenvalue weighted by atomic mass is 16.5. The van der Waals surface area contributed by atoms with Crippen LogP contribution in [0.2, 0.25) is 0 Å². The van der Waals surface area contributed by atoms with Crippen molar-refractivity contribution in [2.24, 2.45) is 0 Å². The number of amides is 1. The van der Waals surface area contributed by atoms with E-state index in [2.05, 4.69) is 5.32 Å². The maximum absolute atomic E-state index is 12.1. The molecule has 5 nitrogen and oxygen atoms in total. The van der Waals surface area contributed by atoms with E-state index in [1.807, 2.05) is 38.1 Å². The van der Waals surface area contributed by atoms with Gasteiger partial charge in [-0.15, -0.1) is 0 Å². The van der Waals surface area contributed by atoms with Gasteiger partial charge in [0.15, 0.2) is 0 Å². The lowest BCUT2D eigenvalue weighted by atomic mass is 10.2. The first-order valence-corrected chi connectivity index (χ1v) is 6.52. The topological polar surface area (TPSA) is 65.4 Å². The first-order chi connectivity index (χ1) is 9.49. The molecule has 0 aliphatic rings. The van der Waals surface area contributed by atoms with Crippen LogP contribution in [0.4, 0.5) is 5.69 Å². The summed E-state index contributed by atoms with van der Waals surface area (Å²) in [5, 5.41) is 11.7. The normalized spacial score (nSPS) is 11.3. The zero-order valence-corrected chi connectivity index (χ0v) is 12.4. The summed E-state index contributed by atoms with van der Waals surface area (Å²) in [4.78, 5) is 13.7. The Bertz CT molecular complexity index is 508. The van der Waals surface area contributed by atoms with E-state index in [0.717, 1.165) is 17.0 Å². The van der Waals surface area contributed by atoms with Crippen LogP contribution in [-0.2, 0) is 4.79 Å². The van der Waals surface area contributed by atoms with E-state index in [-0.39, 0.29) is 11.9 Å². The van der Waals surface area contributed by atoms with Crippen LogP contribution in [0.25, 0.3) is 0 Å². The Labute approximate surface area is 120 Å². The highest BCUT2D eigenvalue weighted by Gasteiger charge is 2.17. The first kappa shape index (κ1) is 15.8. The van der Waals surface area contributed by atoms with Gasteiger partial charge in [-0.2, -0.15) is 5.26 Å². The standard InChI is InChI=1S/C15H21N3O2/c1-11-10-13(6-7-14(11)20-4)17-12(2)15(19)18(3)9-5-8-16/h6-7,10,12,17H,5,9H2,1-4H3. The number of hydrogen-bond acceptors (Lipinski definition) is 4. The van der Waals surface area contributed by atoms with Crippen molar-refractivity contribution in [2.75, 3.05) is 26.0 Å². The van der Waals surface area contributed by atoms with Gasteiger partial charge in [0, 0.05) is 19.3 Å². The lowest BCUT2D eigenvalue weighted by Gasteiger charge is -2.22. The van der Waals surface area contributed by atoms with Crippen molar-refractivity contribution in [1.29, 1.82) is 5.26 Å². The summed E-state index contributed by atoms with van der Waals surface area (Å²) < 4.78 is 5.20. The molecule has 0 radical (unpaired) electrons. The van der Waals surface area contributed by atoms with Gasteiger partial charge in [-0.3, -0.25) is 4.79 Å². The van der Waals surface area contributed by atoms with Gasteiger partial charge in [-0.1, -0.05) is 0 Å². The van der Waals surface area contributed by atoms with Crippen LogP contribution in [0.5, 0.6) is 5.75 Å². The predicted octanol–water partition coefficient (Wildman–Crippen LogP) is 2.18. The summed E-state index contributed by atoms with van der Waals surface area (Å²) in [5.74, 6) is 0.786. The van der Waals surface area contributed by atoms with Gasteiger partial charge in [-0.25, -0.2) is 0 Å². The molecule has 0 aliphatic heterocycles. The van der Waals surface area contributed by atoms with Crippen LogP contribution < -0.4 is 10.1 Å². The summed E-state index contributed by atoms with van der Waals surface area (Å²) in [7, 11) is 3.34. The molecular formula is C15H21N3O2. The van der Waals surface area contributed by atoms with Gasteiger partial charge >= 0.3 is 0 Å². The predicted molar refractivity (Wildman–Crippen MR) is 78.7 cm³/mol. The zero-order valence-electron chi connectivity index (χ0n) is 12.4. The monoisotopic (exact) mass is 275 g/mol. The zero-order chi connectivity index (χ0) is 15.1. The number of carbonyl (C=O) groups is 1. The van der Waals surface area contributed by atoms with Crippen LogP contribution in [0.1, 0.15) is 18.9 Å². The van der Waals surface area contributed by atoms with E-state index in [4.69, 9.17) is 10.00 Å². The summed E-state index contributed by atoms with van der Waals surface area (Å²) >= 11 is 0. The average Bonchev–Trinajstić information content (AvgIpc) is 2.44. The minimum Gasteiger partial charge on any atom is -0.496 e. The molecule has 5 heteroatoms. The van der Waals surface area contributed by atoms with Gasteiger partial charge < -0.3 is 15.0 Å². The second-order valence-corrected chi connectivity index (χ2v) is 4.72. The molecule has 1 aromatic carbocycles. The largest absolute Gasteiger partial charge is 0.496 e. The Balaban J connectivity index is 2.66. The Morgan fingerprint density at radius 2 is 2.25 bits per heavy atom. The molecule has 1 rings (SSSR count). The number of rotatable bonds is 6. The molecule has 1 amide bonds. The number of likely N-dealkylation sites (N-methyl/N-ethyl adjacent to an activating group) is 1. The molecule has 0 bridgehead atoms. The first-order valence-electron chi connectivity index (χ1n) is 6.52. The maximum Gasteiger partial charge on any atom is 0.244 e. The second-order valence-electron chi connectivity index (χ2n) is 4.72. The summed E-state index contributed by atoms with van der Waals surface area (Å²) in [6, 6.07) is 7.38. The molecule has 0 fully saturated rings. The Morgan fingerprint density at radius 3 is 2.80 bits per heavy atom. The number of aryl methyl sites for hydroxylation is 1. The molecule has 0 aromatic heterocycles. The van der Waals surface area contributed by atoms with Crippen molar-refractivity contribution in [3.8, 4) is 11.8 Å². The van der Waals surface area contributed by atoms with Crippen molar-refractivity contribution in [3.05, 3.63) is 23.8 Å². The fourth-order valence-corrected chi connectivity index (χ4v) is 1.94. The molecule has 1 aromatic rings. The number of nitrogens with zero attached hydrogens (tertiary/aromatic N) is 2. The van der Waals surface area contributed by atoms with Crippen LogP contribution in [-0.4, -0.2) is 37.6 Å². The highest BCUT2D eigenvalue weighted by molar-refractivity contribution is 5.84. The van der Waals surface area contributed by atoms with Crippen LogP contribution in [0, 0.1) is 18.3 Å². The third-order valence-electron chi connectivity index (χ3n) is 3.08. The number of benzene rings is 1. The molecule has 1 unspecified atom stereocenters. The highest BCUT2D eigenvalue weighted by Crippen LogP contribution is 2.21. The summed E-state index contributed by atoms with van der Waals surface area (Å²) in [5.41, 5.74) is 1.88. The number of nitrogens with one attached hydrogen (secondary N) is 1. The quantitative estimate of drug-likeness (QED) is 0.864. The van der Waals surface area contributed by atoms with Crippen molar-refractivity contribution in [3.63, 3.8) is 0 Å². The lowest BCUT2D eigenvalue weighted by Crippen LogP contribution is -2.39.